The highest BCUT2D eigenvalue weighted by Crippen LogP contribution is 2.39. The van der Waals surface area contributed by atoms with Crippen LogP contribution in [0.2, 0.25) is 0 Å². The third kappa shape index (κ3) is 4.39. The summed E-state index contributed by atoms with van der Waals surface area (Å²) in [7, 11) is 0. The Hall–Kier alpha value is -3.35. The first-order chi connectivity index (χ1) is 16.2. The van der Waals surface area contributed by atoms with Gasteiger partial charge in [0.05, 0.1) is 52.0 Å². The normalized spacial score (nSPS) is 29.7. The molecule has 4 aliphatic rings. The second-order valence-electron chi connectivity index (χ2n) is 9.52. The number of hydrogen-bond donors (Lipinski definition) is 2. The van der Waals surface area contributed by atoms with Crippen LogP contribution in [0.5, 0.6) is 5.75 Å². The predicted octanol–water partition coefficient (Wildman–Crippen LogP) is 1.57. The molecule has 0 saturated carbocycles. The van der Waals surface area contributed by atoms with Gasteiger partial charge in [-0.3, -0.25) is 35.1 Å². The molecule has 4 aliphatic heterocycles. The van der Waals surface area contributed by atoms with E-state index in [0.29, 0.717) is 36.0 Å². The lowest BCUT2D eigenvalue weighted by atomic mass is 9.70. The van der Waals surface area contributed by atoms with E-state index in [1.807, 2.05) is 0 Å². The van der Waals surface area contributed by atoms with E-state index in [1.165, 1.54) is 58.0 Å². The third-order valence-electron chi connectivity index (χ3n) is 7.71. The van der Waals surface area contributed by atoms with E-state index >= 15 is 0 Å². The minimum atomic E-state index is -1.21. The number of carbonyl (C=O) groups excluding carboxylic acids is 1. The number of non-ortho nitro benzene ring substituents is 1. The fourth-order valence-electron chi connectivity index (χ4n) is 6.23. The molecule has 4 fully saturated rings. The Morgan fingerprint density at radius 2 is 1.59 bits per heavy atom. The van der Waals surface area contributed by atoms with Gasteiger partial charge in [-0.05, 0) is 38.5 Å². The molecule has 0 spiro atoms. The fraction of sp³-hybridized carbons (Fsp3) is 0.667. The average Bonchev–Trinajstić information content (AvgIpc) is 2.82. The average molecular weight is 478 g/mol. The minimum Gasteiger partial charge on any atom is -0.497 e. The number of phenolic OH excluding ortho intramolecular Hbond substituents is 1. The molecular weight excluding hydrogens is 450 g/mol. The molecule has 4 heterocycles. The summed E-state index contributed by atoms with van der Waals surface area (Å²) in [5.41, 5.74) is -3.00. The van der Waals surface area contributed by atoms with Crippen molar-refractivity contribution in [1.29, 1.82) is 0 Å². The van der Waals surface area contributed by atoms with Crippen molar-refractivity contribution in [3.63, 3.8) is 0 Å². The summed E-state index contributed by atoms with van der Waals surface area (Å²) in [5.74, 6) is 0.520. The maximum atomic E-state index is 12.7. The van der Waals surface area contributed by atoms with Crippen LogP contribution in [0.15, 0.2) is 12.1 Å². The SMILES string of the molecule is O=C1C2CC(C[NH+]3CCCC[C@H]23)C2CCCCN12.O=[N+]([O-])c1cc([N+](=O)[O-])c(O)c([N+](=O)[O-])c1. The summed E-state index contributed by atoms with van der Waals surface area (Å²) < 4.78 is 0. The summed E-state index contributed by atoms with van der Waals surface area (Å²) in [4.78, 5) is 44.6. The number of rotatable bonds is 3. The molecule has 13 heteroatoms. The Balaban J connectivity index is 0.000000163. The van der Waals surface area contributed by atoms with Crippen molar-refractivity contribution in [2.45, 2.75) is 57.0 Å². The standard InChI is InChI=1S/C15H24N2O.C6H3N3O7/c18-15-12-9-11(13-5-2-4-8-17(13)15)10-16-7-3-1-6-14(12)16;10-6-4(8(13)14)1-3(7(11)12)2-5(6)9(15)16/h11-14H,1-10H2;1-2,10H/p+1/t11?,12?,13?,14-;/m1./s1. The van der Waals surface area contributed by atoms with Crippen LogP contribution in [0.25, 0.3) is 0 Å². The van der Waals surface area contributed by atoms with Crippen LogP contribution in [0.1, 0.15) is 44.9 Å². The lowest BCUT2D eigenvalue weighted by Crippen LogP contribution is -3.19. The number of nitro benzene ring substituents is 3. The van der Waals surface area contributed by atoms with Crippen molar-refractivity contribution in [2.75, 3.05) is 19.6 Å². The van der Waals surface area contributed by atoms with Gasteiger partial charge in [0, 0.05) is 24.9 Å². The molecule has 0 aliphatic carbocycles. The molecule has 1 aromatic rings. The quantitative estimate of drug-likeness (QED) is 0.486. The Morgan fingerprint density at radius 3 is 2.21 bits per heavy atom. The molecule has 1 amide bonds. The highest BCUT2D eigenvalue weighted by Gasteiger charge is 2.53. The molecule has 1 aromatic carbocycles. The van der Waals surface area contributed by atoms with Crippen molar-refractivity contribution < 1.29 is 29.6 Å². The molecule has 0 aromatic heterocycles. The predicted molar refractivity (Wildman–Crippen MR) is 117 cm³/mol. The molecule has 34 heavy (non-hydrogen) atoms. The zero-order valence-corrected chi connectivity index (χ0v) is 18.6. The number of hydrogen-bond acceptors (Lipinski definition) is 8. The Morgan fingerprint density at radius 1 is 0.941 bits per heavy atom. The van der Waals surface area contributed by atoms with E-state index in [0.717, 1.165) is 12.5 Å². The summed E-state index contributed by atoms with van der Waals surface area (Å²) >= 11 is 0. The third-order valence-corrected chi connectivity index (χ3v) is 7.71. The number of phenols is 1. The van der Waals surface area contributed by atoms with Gasteiger partial charge in [0.15, 0.2) is 0 Å². The largest absolute Gasteiger partial charge is 0.497 e. The first-order valence-electron chi connectivity index (χ1n) is 11.6. The van der Waals surface area contributed by atoms with E-state index in [-0.39, 0.29) is 0 Å². The molecule has 5 atom stereocenters. The Kier molecular flexibility index (Phi) is 6.64. The van der Waals surface area contributed by atoms with E-state index in [4.69, 9.17) is 5.11 Å². The number of piperidine rings is 4. The number of amides is 1. The van der Waals surface area contributed by atoms with Crippen LogP contribution < -0.4 is 4.90 Å². The molecule has 4 saturated heterocycles. The van der Waals surface area contributed by atoms with Gasteiger partial charge in [0.1, 0.15) is 0 Å². The topological polar surface area (TPSA) is 174 Å². The molecule has 184 valence electrons. The van der Waals surface area contributed by atoms with Gasteiger partial charge >= 0.3 is 11.4 Å². The molecular formula is C21H28N5O8+. The Labute approximate surface area is 194 Å². The van der Waals surface area contributed by atoms with Crippen molar-refractivity contribution in [1.82, 2.24) is 4.90 Å². The molecule has 0 radical (unpaired) electrons. The lowest BCUT2D eigenvalue weighted by molar-refractivity contribution is -0.943. The number of nitrogens with one attached hydrogen (secondary N) is 1. The zero-order valence-electron chi connectivity index (χ0n) is 18.6. The van der Waals surface area contributed by atoms with E-state index in [1.54, 1.807) is 4.90 Å². The second-order valence-corrected chi connectivity index (χ2v) is 9.52. The van der Waals surface area contributed by atoms with Crippen LogP contribution in [-0.2, 0) is 4.79 Å². The summed E-state index contributed by atoms with van der Waals surface area (Å²) in [5, 5.41) is 40.2. The van der Waals surface area contributed by atoms with E-state index < -0.39 is 37.6 Å². The maximum absolute atomic E-state index is 12.7. The number of benzene rings is 1. The summed E-state index contributed by atoms with van der Waals surface area (Å²) in [6.45, 7) is 3.74. The second kappa shape index (κ2) is 9.49. The van der Waals surface area contributed by atoms with Gasteiger partial charge in [0.25, 0.3) is 11.4 Å². The molecule has 4 unspecified atom stereocenters. The van der Waals surface area contributed by atoms with E-state index in [9.17, 15) is 35.1 Å². The van der Waals surface area contributed by atoms with Crippen LogP contribution in [0, 0.1) is 42.2 Å². The molecule has 13 nitrogen and oxygen atoms in total. The lowest BCUT2D eigenvalue weighted by Gasteiger charge is -2.54. The number of fused-ring (bicyclic) bond motifs is 6. The van der Waals surface area contributed by atoms with Crippen LogP contribution >= 0.6 is 0 Å². The smallest absolute Gasteiger partial charge is 0.324 e. The molecule has 2 N–H and O–H groups in total. The van der Waals surface area contributed by atoms with Gasteiger partial charge in [0.2, 0.25) is 5.91 Å². The van der Waals surface area contributed by atoms with Crippen LogP contribution in [0.3, 0.4) is 0 Å². The Bertz CT molecular complexity index is 980. The maximum Gasteiger partial charge on any atom is 0.324 e. The van der Waals surface area contributed by atoms with Gasteiger partial charge < -0.3 is 14.9 Å². The number of carbonyl (C=O) groups is 1. The summed E-state index contributed by atoms with van der Waals surface area (Å²) in [6.07, 6.45) is 9.11. The highest BCUT2D eigenvalue weighted by atomic mass is 16.6. The van der Waals surface area contributed by atoms with Gasteiger partial charge in [-0.25, -0.2) is 0 Å². The number of quaternary nitrogens is 1. The van der Waals surface area contributed by atoms with E-state index in [2.05, 4.69) is 4.90 Å². The van der Waals surface area contributed by atoms with Gasteiger partial charge in [-0.1, -0.05) is 0 Å². The van der Waals surface area contributed by atoms with Gasteiger partial charge in [-0.15, -0.1) is 0 Å². The van der Waals surface area contributed by atoms with Crippen molar-refractivity contribution in [3.8, 4) is 5.75 Å². The molecule has 2 bridgehead atoms. The summed E-state index contributed by atoms with van der Waals surface area (Å²) in [6, 6.07) is 2.17. The minimum absolute atomic E-state index is 0.383. The van der Waals surface area contributed by atoms with Crippen molar-refractivity contribution in [2.24, 2.45) is 11.8 Å². The highest BCUT2D eigenvalue weighted by molar-refractivity contribution is 5.81. The first kappa shape index (κ1) is 23.8. The monoisotopic (exact) mass is 478 g/mol. The number of aromatic hydroxyl groups is 1. The number of nitrogens with zero attached hydrogens (tertiary/aromatic N) is 4. The van der Waals surface area contributed by atoms with Crippen LogP contribution in [-0.4, -0.2) is 62.4 Å². The fourth-order valence-corrected chi connectivity index (χ4v) is 6.23. The zero-order chi connectivity index (χ0) is 24.6. The van der Waals surface area contributed by atoms with Crippen LogP contribution in [0.4, 0.5) is 17.1 Å². The molecule has 5 rings (SSSR count). The van der Waals surface area contributed by atoms with Crippen molar-refractivity contribution in [3.05, 3.63) is 42.5 Å². The number of nitro groups is 3. The van der Waals surface area contributed by atoms with Gasteiger partial charge in [-0.2, -0.15) is 0 Å². The first-order valence-corrected chi connectivity index (χ1v) is 11.6. The van der Waals surface area contributed by atoms with Crippen molar-refractivity contribution >= 4 is 23.0 Å².